The van der Waals surface area contributed by atoms with Gasteiger partial charge in [0.25, 0.3) is 0 Å². The minimum Gasteiger partial charge on any atom is -0.452 e. The first kappa shape index (κ1) is 10.1. The number of carbonyl (C=O) groups excluding carboxylic acids is 1. The molecule has 1 rings (SSSR count). The van der Waals surface area contributed by atoms with Crippen LogP contribution in [0.15, 0.2) is 24.3 Å². The molecule has 0 atom stereocenters. The number of hydrogen-bond donors (Lipinski definition) is 1. The van der Waals surface area contributed by atoms with Crippen molar-refractivity contribution < 1.29 is 9.53 Å². The van der Waals surface area contributed by atoms with Crippen LogP contribution in [0.5, 0.6) is 0 Å². The second kappa shape index (κ2) is 4.93. The Kier molecular flexibility index (Phi) is 3.57. The molecule has 72 valence electrons. The summed E-state index contributed by atoms with van der Waals surface area (Å²) in [5, 5.41) is 0. The third-order valence-corrected chi connectivity index (χ3v) is 1.64. The van der Waals surface area contributed by atoms with Crippen LogP contribution in [0.3, 0.4) is 0 Å². The minimum absolute atomic E-state index is 0.0216. The van der Waals surface area contributed by atoms with Gasteiger partial charge >= 0.3 is 5.97 Å². The maximum atomic E-state index is 11.1. The van der Waals surface area contributed by atoms with E-state index in [9.17, 15) is 4.79 Å². The Morgan fingerprint density at radius 3 is 2.64 bits per heavy atom. The smallest absolute Gasteiger partial charge is 0.311 e. The number of hydrogen-bond acceptors (Lipinski definition) is 3. The van der Waals surface area contributed by atoms with E-state index in [2.05, 4.69) is 5.92 Å². The van der Waals surface area contributed by atoms with Crippen molar-refractivity contribution >= 4 is 11.7 Å². The molecule has 0 saturated carbocycles. The fraction of sp³-hybridized carbons (Fsp3) is 0.182. The van der Waals surface area contributed by atoms with E-state index >= 15 is 0 Å². The molecule has 1 aromatic carbocycles. The van der Waals surface area contributed by atoms with Crippen LogP contribution in [0, 0.1) is 12.3 Å². The first-order valence-electron chi connectivity index (χ1n) is 4.16. The van der Waals surface area contributed by atoms with E-state index in [0.29, 0.717) is 5.69 Å². The van der Waals surface area contributed by atoms with Gasteiger partial charge in [0, 0.05) is 5.69 Å². The number of nitrogens with two attached hydrogens (primary N) is 1. The highest BCUT2D eigenvalue weighted by Gasteiger charge is 2.03. The average Bonchev–Trinajstić information content (AvgIpc) is 2.18. The molecule has 0 radical (unpaired) electrons. The number of benzene rings is 1. The summed E-state index contributed by atoms with van der Waals surface area (Å²) >= 11 is 0. The highest BCUT2D eigenvalue weighted by atomic mass is 16.5. The average molecular weight is 189 g/mol. The molecule has 0 aliphatic heterocycles. The van der Waals surface area contributed by atoms with Crippen LogP contribution in [0.2, 0.25) is 0 Å². The topological polar surface area (TPSA) is 52.3 Å². The number of nitrogen functional groups attached to an aromatic ring is 1. The molecule has 0 unspecified atom stereocenters. The number of esters is 1. The molecular formula is C11H11NO2. The summed E-state index contributed by atoms with van der Waals surface area (Å²) in [7, 11) is 0. The molecule has 1 aromatic rings. The summed E-state index contributed by atoms with van der Waals surface area (Å²) in [6.07, 6.45) is 5.17. The van der Waals surface area contributed by atoms with E-state index in [-0.39, 0.29) is 19.0 Å². The van der Waals surface area contributed by atoms with E-state index in [0.717, 1.165) is 5.56 Å². The standard InChI is InChI=1S/C11H11NO2/c1-2-7-14-11(13)8-9-3-5-10(12)6-4-9/h1,3-6H,7-8,12H2. The molecule has 0 aliphatic carbocycles. The normalized spacial score (nSPS) is 9.07. The zero-order valence-corrected chi connectivity index (χ0v) is 7.69. The molecule has 14 heavy (non-hydrogen) atoms. The first-order valence-corrected chi connectivity index (χ1v) is 4.16. The Balaban J connectivity index is 2.49. The van der Waals surface area contributed by atoms with Crippen molar-refractivity contribution in [2.75, 3.05) is 12.3 Å². The third kappa shape index (κ3) is 3.20. The first-order chi connectivity index (χ1) is 6.72. The van der Waals surface area contributed by atoms with Crippen LogP contribution in [-0.4, -0.2) is 12.6 Å². The number of terminal acetylenes is 1. The van der Waals surface area contributed by atoms with Gasteiger partial charge in [-0.05, 0) is 17.7 Å². The molecule has 0 aliphatic rings. The van der Waals surface area contributed by atoms with Gasteiger partial charge in [0.15, 0.2) is 6.61 Å². The molecule has 0 fully saturated rings. The Morgan fingerprint density at radius 1 is 1.43 bits per heavy atom. The molecule has 0 amide bonds. The van der Waals surface area contributed by atoms with Crippen molar-refractivity contribution in [2.45, 2.75) is 6.42 Å². The minimum atomic E-state index is -0.326. The van der Waals surface area contributed by atoms with Gasteiger partial charge in [-0.25, -0.2) is 0 Å². The Morgan fingerprint density at radius 2 is 2.07 bits per heavy atom. The van der Waals surface area contributed by atoms with Crippen molar-refractivity contribution in [3.63, 3.8) is 0 Å². The summed E-state index contributed by atoms with van der Waals surface area (Å²) in [4.78, 5) is 11.1. The summed E-state index contributed by atoms with van der Waals surface area (Å²) in [6.45, 7) is 0.0216. The van der Waals surface area contributed by atoms with Crippen molar-refractivity contribution in [2.24, 2.45) is 0 Å². The molecule has 3 heteroatoms. The summed E-state index contributed by atoms with van der Waals surface area (Å²) in [5.41, 5.74) is 7.03. The van der Waals surface area contributed by atoms with E-state index in [4.69, 9.17) is 16.9 Å². The molecule has 0 heterocycles. The fourth-order valence-corrected chi connectivity index (χ4v) is 0.975. The second-order valence-corrected chi connectivity index (χ2v) is 2.78. The van der Waals surface area contributed by atoms with Crippen LogP contribution in [0.4, 0.5) is 5.69 Å². The van der Waals surface area contributed by atoms with Crippen molar-refractivity contribution in [1.29, 1.82) is 0 Å². The number of anilines is 1. The number of ether oxygens (including phenoxy) is 1. The third-order valence-electron chi connectivity index (χ3n) is 1.64. The van der Waals surface area contributed by atoms with Crippen LogP contribution in [-0.2, 0) is 16.0 Å². The Hall–Kier alpha value is -1.95. The molecule has 0 saturated heterocycles. The highest BCUT2D eigenvalue weighted by Crippen LogP contribution is 2.06. The van der Waals surface area contributed by atoms with Gasteiger partial charge in [0.05, 0.1) is 6.42 Å². The summed E-state index contributed by atoms with van der Waals surface area (Å²) < 4.78 is 4.72. The molecule has 0 spiro atoms. The van der Waals surface area contributed by atoms with Gasteiger partial charge in [0.1, 0.15) is 0 Å². The lowest BCUT2D eigenvalue weighted by molar-refractivity contribution is -0.141. The van der Waals surface area contributed by atoms with Crippen molar-refractivity contribution in [3.8, 4) is 12.3 Å². The quantitative estimate of drug-likeness (QED) is 0.438. The maximum Gasteiger partial charge on any atom is 0.311 e. The van der Waals surface area contributed by atoms with E-state index in [1.54, 1.807) is 24.3 Å². The zero-order chi connectivity index (χ0) is 10.4. The van der Waals surface area contributed by atoms with Gasteiger partial charge < -0.3 is 10.5 Å². The van der Waals surface area contributed by atoms with Gasteiger partial charge in [-0.3, -0.25) is 4.79 Å². The van der Waals surface area contributed by atoms with Gasteiger partial charge in [-0.15, -0.1) is 6.42 Å². The molecular weight excluding hydrogens is 178 g/mol. The Labute approximate surface area is 82.9 Å². The van der Waals surface area contributed by atoms with Gasteiger partial charge in [-0.2, -0.15) is 0 Å². The number of rotatable bonds is 3. The lowest BCUT2D eigenvalue weighted by atomic mass is 10.1. The molecule has 3 nitrogen and oxygen atoms in total. The van der Waals surface area contributed by atoms with Crippen LogP contribution in [0.25, 0.3) is 0 Å². The van der Waals surface area contributed by atoms with Crippen molar-refractivity contribution in [3.05, 3.63) is 29.8 Å². The molecule has 0 bridgehead atoms. The van der Waals surface area contributed by atoms with Crippen LogP contribution in [0.1, 0.15) is 5.56 Å². The second-order valence-electron chi connectivity index (χ2n) is 2.78. The fourth-order valence-electron chi connectivity index (χ4n) is 0.975. The van der Waals surface area contributed by atoms with Gasteiger partial charge in [-0.1, -0.05) is 18.1 Å². The van der Waals surface area contributed by atoms with Gasteiger partial charge in [0.2, 0.25) is 0 Å². The lowest BCUT2D eigenvalue weighted by Gasteiger charge is -2.01. The van der Waals surface area contributed by atoms with E-state index in [1.807, 2.05) is 0 Å². The van der Waals surface area contributed by atoms with E-state index in [1.165, 1.54) is 0 Å². The summed E-state index contributed by atoms with van der Waals surface area (Å²) in [6, 6.07) is 7.05. The molecule has 2 N–H and O–H groups in total. The highest BCUT2D eigenvalue weighted by molar-refractivity contribution is 5.72. The largest absolute Gasteiger partial charge is 0.452 e. The van der Waals surface area contributed by atoms with Crippen molar-refractivity contribution in [1.82, 2.24) is 0 Å². The zero-order valence-electron chi connectivity index (χ0n) is 7.69. The lowest BCUT2D eigenvalue weighted by Crippen LogP contribution is -2.07. The monoisotopic (exact) mass is 189 g/mol. The van der Waals surface area contributed by atoms with E-state index < -0.39 is 0 Å². The SMILES string of the molecule is C#CCOC(=O)Cc1ccc(N)cc1. The maximum absolute atomic E-state index is 11.1. The van der Waals surface area contributed by atoms with Crippen LogP contribution >= 0.6 is 0 Å². The molecule has 0 aromatic heterocycles. The summed E-state index contributed by atoms with van der Waals surface area (Å²) in [5.74, 6) is 1.90. The predicted molar refractivity (Wildman–Crippen MR) is 54.4 cm³/mol. The Bertz CT molecular complexity index is 349. The number of carbonyl (C=O) groups is 1. The predicted octanol–water partition coefficient (Wildman–Crippen LogP) is 0.988. The van der Waals surface area contributed by atoms with Crippen LogP contribution < -0.4 is 5.73 Å².